The van der Waals surface area contributed by atoms with E-state index in [1.807, 2.05) is 37.3 Å². The van der Waals surface area contributed by atoms with Crippen molar-refractivity contribution in [3.05, 3.63) is 42.1 Å². The van der Waals surface area contributed by atoms with Gasteiger partial charge in [0.05, 0.1) is 5.52 Å². The molecule has 19 heavy (non-hydrogen) atoms. The number of benzene rings is 1. The van der Waals surface area contributed by atoms with Crippen molar-refractivity contribution >= 4 is 32.7 Å². The number of nitrogens with one attached hydrogen (secondary N) is 1. The van der Waals surface area contributed by atoms with Gasteiger partial charge in [0.1, 0.15) is 0 Å². The number of hydrogen-bond acceptors (Lipinski definition) is 2. The van der Waals surface area contributed by atoms with Crippen LogP contribution in [0.3, 0.4) is 0 Å². The first-order chi connectivity index (χ1) is 9.06. The van der Waals surface area contributed by atoms with E-state index in [2.05, 4.69) is 33.2 Å². The second-order valence-electron chi connectivity index (χ2n) is 4.80. The first-order valence-electron chi connectivity index (χ1n) is 6.36. The number of alkyl halides is 1. The lowest BCUT2D eigenvalue weighted by molar-refractivity contribution is 0.0939. The maximum absolute atomic E-state index is 12.1. The predicted octanol–water partition coefficient (Wildman–Crippen LogP) is 3.53. The summed E-state index contributed by atoms with van der Waals surface area (Å²) in [6.45, 7) is 4.09. The zero-order chi connectivity index (χ0) is 13.8. The smallest absolute Gasteiger partial charge is 0.251 e. The Morgan fingerprint density at radius 2 is 2.16 bits per heavy atom. The van der Waals surface area contributed by atoms with Gasteiger partial charge in [0.2, 0.25) is 0 Å². The normalized spacial score (nSPS) is 14.1. The maximum atomic E-state index is 12.1. The highest BCUT2D eigenvalue weighted by Gasteiger charge is 2.11. The van der Waals surface area contributed by atoms with E-state index < -0.39 is 0 Å². The van der Waals surface area contributed by atoms with Crippen LogP contribution in [0.15, 0.2) is 36.5 Å². The molecule has 0 saturated carbocycles. The molecule has 1 aromatic carbocycles. The summed E-state index contributed by atoms with van der Waals surface area (Å²) in [6.07, 6.45) is 2.66. The molecule has 0 radical (unpaired) electrons. The van der Waals surface area contributed by atoms with Crippen LogP contribution in [-0.4, -0.2) is 21.8 Å². The molecule has 2 aromatic rings. The number of pyridine rings is 1. The van der Waals surface area contributed by atoms with Crippen molar-refractivity contribution in [2.24, 2.45) is 0 Å². The van der Waals surface area contributed by atoms with E-state index in [0.29, 0.717) is 10.4 Å². The Morgan fingerprint density at radius 1 is 1.37 bits per heavy atom. The van der Waals surface area contributed by atoms with E-state index in [0.717, 1.165) is 17.3 Å². The van der Waals surface area contributed by atoms with Crippen LogP contribution >= 0.6 is 15.9 Å². The van der Waals surface area contributed by atoms with Gasteiger partial charge >= 0.3 is 0 Å². The Kier molecular flexibility index (Phi) is 4.53. The second-order valence-corrected chi connectivity index (χ2v) is 6.37. The quantitative estimate of drug-likeness (QED) is 0.876. The summed E-state index contributed by atoms with van der Waals surface area (Å²) < 4.78 is 0. The minimum atomic E-state index is -0.0357. The topological polar surface area (TPSA) is 42.0 Å². The average Bonchev–Trinajstić information content (AvgIpc) is 2.37. The van der Waals surface area contributed by atoms with Crippen molar-refractivity contribution in [1.82, 2.24) is 10.3 Å². The molecule has 2 unspecified atom stereocenters. The van der Waals surface area contributed by atoms with Crippen molar-refractivity contribution in [3.8, 4) is 0 Å². The summed E-state index contributed by atoms with van der Waals surface area (Å²) in [6, 6.07) is 9.55. The molecule has 2 rings (SSSR count). The largest absolute Gasteiger partial charge is 0.350 e. The molecule has 1 amide bonds. The molecule has 0 saturated heterocycles. The molecule has 0 bridgehead atoms. The third-order valence-corrected chi connectivity index (χ3v) is 3.29. The Morgan fingerprint density at radius 3 is 2.89 bits per heavy atom. The Bertz CT molecular complexity index is 583. The molecule has 1 aromatic heterocycles. The molecule has 0 aliphatic carbocycles. The van der Waals surface area contributed by atoms with E-state index in [1.165, 1.54) is 0 Å². The number of carbonyl (C=O) groups excluding carboxylic acids is 1. The molecule has 0 spiro atoms. The number of fused-ring (bicyclic) bond motifs is 1. The molecule has 2 atom stereocenters. The first-order valence-corrected chi connectivity index (χ1v) is 7.27. The second kappa shape index (κ2) is 6.15. The molecule has 1 N–H and O–H groups in total. The van der Waals surface area contributed by atoms with E-state index in [9.17, 15) is 4.79 Å². The van der Waals surface area contributed by atoms with Crippen LogP contribution in [0.5, 0.6) is 0 Å². The summed E-state index contributed by atoms with van der Waals surface area (Å²) >= 11 is 3.49. The zero-order valence-corrected chi connectivity index (χ0v) is 12.6. The predicted molar refractivity (Wildman–Crippen MR) is 81.7 cm³/mol. The van der Waals surface area contributed by atoms with Crippen molar-refractivity contribution in [2.45, 2.75) is 31.1 Å². The molecule has 3 nitrogen and oxygen atoms in total. The maximum Gasteiger partial charge on any atom is 0.251 e. The molecule has 0 aliphatic rings. The highest BCUT2D eigenvalue weighted by molar-refractivity contribution is 9.09. The third kappa shape index (κ3) is 3.77. The van der Waals surface area contributed by atoms with Crippen LogP contribution in [0.1, 0.15) is 30.6 Å². The Balaban J connectivity index is 2.13. The number of amides is 1. The van der Waals surface area contributed by atoms with E-state index in [1.54, 1.807) is 6.20 Å². The fourth-order valence-corrected chi connectivity index (χ4v) is 2.63. The highest BCUT2D eigenvalue weighted by Crippen LogP contribution is 2.14. The standard InChI is InChI=1S/C15H17BrN2O/c1-10(16)8-11(2)18-15(19)13-5-6-14-12(9-13)4-3-7-17-14/h3-7,9-11H,8H2,1-2H3,(H,18,19). The number of halogens is 1. The summed E-state index contributed by atoms with van der Waals surface area (Å²) in [5.41, 5.74) is 1.58. The van der Waals surface area contributed by atoms with E-state index in [4.69, 9.17) is 0 Å². The van der Waals surface area contributed by atoms with Gasteiger partial charge < -0.3 is 5.32 Å². The van der Waals surface area contributed by atoms with Gasteiger partial charge in [-0.1, -0.05) is 28.9 Å². The SMILES string of the molecule is CC(Br)CC(C)NC(=O)c1ccc2ncccc2c1. The number of carbonyl (C=O) groups is 1. The zero-order valence-electron chi connectivity index (χ0n) is 11.1. The molecular formula is C15H17BrN2O. The Labute approximate surface area is 121 Å². The van der Waals surface area contributed by atoms with Crippen LogP contribution in [0.4, 0.5) is 0 Å². The van der Waals surface area contributed by atoms with Gasteiger partial charge in [-0.2, -0.15) is 0 Å². The van der Waals surface area contributed by atoms with Crippen LogP contribution < -0.4 is 5.32 Å². The third-order valence-electron chi connectivity index (χ3n) is 2.92. The van der Waals surface area contributed by atoms with Crippen molar-refractivity contribution in [3.63, 3.8) is 0 Å². The summed E-state index contributed by atoms with van der Waals surface area (Å²) in [5.74, 6) is -0.0357. The molecule has 100 valence electrons. The summed E-state index contributed by atoms with van der Waals surface area (Å²) in [5, 5.41) is 3.99. The van der Waals surface area contributed by atoms with Crippen LogP contribution in [-0.2, 0) is 0 Å². The van der Waals surface area contributed by atoms with E-state index in [-0.39, 0.29) is 11.9 Å². The van der Waals surface area contributed by atoms with Crippen LogP contribution in [0.25, 0.3) is 10.9 Å². The minimum absolute atomic E-state index is 0.0357. The van der Waals surface area contributed by atoms with Gasteiger partial charge in [-0.15, -0.1) is 0 Å². The average molecular weight is 321 g/mol. The molecule has 1 heterocycles. The minimum Gasteiger partial charge on any atom is -0.350 e. The lowest BCUT2D eigenvalue weighted by atomic mass is 10.1. The van der Waals surface area contributed by atoms with Crippen molar-refractivity contribution in [1.29, 1.82) is 0 Å². The summed E-state index contributed by atoms with van der Waals surface area (Å²) in [7, 11) is 0. The fourth-order valence-electron chi connectivity index (χ4n) is 2.07. The van der Waals surface area contributed by atoms with Crippen LogP contribution in [0.2, 0.25) is 0 Å². The molecular weight excluding hydrogens is 304 g/mol. The number of hydrogen-bond donors (Lipinski definition) is 1. The number of aromatic nitrogens is 1. The lowest BCUT2D eigenvalue weighted by Gasteiger charge is -2.15. The van der Waals surface area contributed by atoms with Gasteiger partial charge in [-0.3, -0.25) is 9.78 Å². The fraction of sp³-hybridized carbons (Fsp3) is 0.333. The Hall–Kier alpha value is -1.42. The molecule has 0 aliphatic heterocycles. The van der Waals surface area contributed by atoms with Crippen molar-refractivity contribution in [2.75, 3.05) is 0 Å². The first kappa shape index (κ1) is 14.0. The van der Waals surface area contributed by atoms with Crippen LogP contribution in [0, 0.1) is 0 Å². The van der Waals surface area contributed by atoms with Gasteiger partial charge in [0.25, 0.3) is 5.91 Å². The van der Waals surface area contributed by atoms with Crippen molar-refractivity contribution < 1.29 is 4.79 Å². The van der Waals surface area contributed by atoms with Gasteiger partial charge in [0.15, 0.2) is 0 Å². The number of rotatable bonds is 4. The van der Waals surface area contributed by atoms with Gasteiger partial charge in [-0.25, -0.2) is 0 Å². The van der Waals surface area contributed by atoms with Gasteiger partial charge in [-0.05, 0) is 37.6 Å². The number of nitrogens with zero attached hydrogens (tertiary/aromatic N) is 1. The summed E-state index contributed by atoms with van der Waals surface area (Å²) in [4.78, 5) is 16.8. The molecule has 0 fully saturated rings. The monoisotopic (exact) mass is 320 g/mol. The van der Waals surface area contributed by atoms with E-state index >= 15 is 0 Å². The van der Waals surface area contributed by atoms with Gasteiger partial charge in [0, 0.05) is 28.0 Å². The molecule has 4 heteroatoms. The lowest BCUT2D eigenvalue weighted by Crippen LogP contribution is -2.33. The highest BCUT2D eigenvalue weighted by atomic mass is 79.9.